The van der Waals surface area contributed by atoms with Crippen LogP contribution in [0.15, 0.2) is 47.0 Å². The average molecular weight is 443 g/mol. The number of hydrogen-bond acceptors (Lipinski definition) is 7. The van der Waals surface area contributed by atoms with Gasteiger partial charge in [-0.25, -0.2) is 0 Å². The van der Waals surface area contributed by atoms with E-state index in [2.05, 4.69) is 15.5 Å². The van der Waals surface area contributed by atoms with Gasteiger partial charge < -0.3 is 24.2 Å². The number of hydrogen-bond donors (Lipinski definition) is 1. The molecule has 0 atom stereocenters. The third kappa shape index (κ3) is 5.15. The van der Waals surface area contributed by atoms with Gasteiger partial charge in [-0.05, 0) is 49.4 Å². The second-order valence-corrected chi connectivity index (χ2v) is 7.33. The molecule has 1 saturated heterocycles. The quantitative estimate of drug-likeness (QED) is 0.594. The van der Waals surface area contributed by atoms with Gasteiger partial charge in [-0.15, -0.1) is 0 Å². The molecule has 0 saturated carbocycles. The van der Waals surface area contributed by atoms with Crippen molar-refractivity contribution in [2.75, 3.05) is 38.2 Å². The van der Waals surface area contributed by atoms with Gasteiger partial charge in [0.05, 0.1) is 37.0 Å². The number of carbonyl (C=O) groups is 1. The van der Waals surface area contributed by atoms with E-state index in [9.17, 15) is 4.79 Å². The number of halogens is 1. The van der Waals surface area contributed by atoms with Crippen molar-refractivity contribution < 1.29 is 18.8 Å². The highest BCUT2D eigenvalue weighted by Gasteiger charge is 2.20. The first kappa shape index (κ1) is 21.1. The molecular formula is C22H23ClN4O4. The van der Waals surface area contributed by atoms with Gasteiger partial charge in [-0.1, -0.05) is 16.8 Å². The van der Waals surface area contributed by atoms with Crippen molar-refractivity contribution in [2.24, 2.45) is 0 Å². The number of carbonyl (C=O) groups excluding carboxylic acids is 1. The summed E-state index contributed by atoms with van der Waals surface area (Å²) < 4.78 is 16.1. The first-order chi connectivity index (χ1) is 15.1. The Labute approximate surface area is 185 Å². The summed E-state index contributed by atoms with van der Waals surface area (Å²) in [6.07, 6.45) is 0. The van der Waals surface area contributed by atoms with Crippen LogP contribution in [0.25, 0.3) is 11.4 Å². The van der Waals surface area contributed by atoms with Crippen molar-refractivity contribution >= 4 is 23.2 Å². The molecule has 162 valence electrons. The van der Waals surface area contributed by atoms with Crippen LogP contribution >= 0.6 is 11.6 Å². The topological polar surface area (TPSA) is 89.7 Å². The molecule has 4 rings (SSSR count). The van der Waals surface area contributed by atoms with Gasteiger partial charge >= 0.3 is 0 Å². The zero-order valence-electron chi connectivity index (χ0n) is 17.1. The predicted octanol–water partition coefficient (Wildman–Crippen LogP) is 3.87. The van der Waals surface area contributed by atoms with Gasteiger partial charge in [0.2, 0.25) is 11.7 Å². The van der Waals surface area contributed by atoms with Crippen LogP contribution < -0.4 is 10.1 Å². The number of ether oxygens (including phenoxy) is 2. The Hall–Kier alpha value is -3.10. The van der Waals surface area contributed by atoms with E-state index < -0.39 is 0 Å². The van der Waals surface area contributed by atoms with Crippen LogP contribution in [-0.4, -0.2) is 53.9 Å². The fraction of sp³-hybridized carbons (Fsp3) is 0.318. The molecule has 0 aliphatic carbocycles. The van der Waals surface area contributed by atoms with Gasteiger partial charge in [-0.2, -0.15) is 4.98 Å². The molecule has 0 bridgehead atoms. The van der Waals surface area contributed by atoms with Gasteiger partial charge in [-0.3, -0.25) is 4.79 Å². The van der Waals surface area contributed by atoms with Crippen LogP contribution in [0.4, 0.5) is 5.69 Å². The van der Waals surface area contributed by atoms with E-state index in [1.807, 2.05) is 37.3 Å². The van der Waals surface area contributed by atoms with E-state index in [0.29, 0.717) is 61.8 Å². The fourth-order valence-corrected chi connectivity index (χ4v) is 3.49. The Morgan fingerprint density at radius 1 is 1.19 bits per heavy atom. The summed E-state index contributed by atoms with van der Waals surface area (Å²) in [6, 6.07) is 12.8. The summed E-state index contributed by atoms with van der Waals surface area (Å²) >= 11 is 6.36. The third-order valence-corrected chi connectivity index (χ3v) is 5.15. The standard InChI is InChI=1S/C22H23ClN4O4/c1-2-30-17-6-3-15(4-7-17)21-25-20(31-26-21)14-24-16-5-8-18(19(23)13-16)22(28)27-9-11-29-12-10-27/h3-8,13,24H,2,9-12,14H2,1H3. The summed E-state index contributed by atoms with van der Waals surface area (Å²) in [6.45, 7) is 5.12. The second-order valence-electron chi connectivity index (χ2n) is 6.92. The van der Waals surface area contributed by atoms with Crippen molar-refractivity contribution in [1.82, 2.24) is 15.0 Å². The third-order valence-electron chi connectivity index (χ3n) is 4.83. The number of benzene rings is 2. The van der Waals surface area contributed by atoms with E-state index >= 15 is 0 Å². The Bertz CT molecular complexity index is 1030. The molecule has 31 heavy (non-hydrogen) atoms. The Kier molecular flexibility index (Phi) is 6.69. The van der Waals surface area contributed by atoms with Crippen LogP contribution in [0.2, 0.25) is 5.02 Å². The average Bonchev–Trinajstić information content (AvgIpc) is 3.28. The lowest BCUT2D eigenvalue weighted by atomic mass is 10.1. The van der Waals surface area contributed by atoms with Crippen LogP contribution in [0.3, 0.4) is 0 Å². The minimum absolute atomic E-state index is 0.0863. The molecule has 1 N–H and O–H groups in total. The molecule has 2 aromatic carbocycles. The van der Waals surface area contributed by atoms with Crippen LogP contribution in [0.5, 0.6) is 5.75 Å². The summed E-state index contributed by atoms with van der Waals surface area (Å²) in [5.74, 6) is 1.65. The number of rotatable bonds is 7. The number of nitrogens with one attached hydrogen (secondary N) is 1. The molecule has 0 radical (unpaired) electrons. The molecule has 2 heterocycles. The normalized spacial score (nSPS) is 13.8. The minimum Gasteiger partial charge on any atom is -0.494 e. The van der Waals surface area contributed by atoms with Gasteiger partial charge in [0, 0.05) is 24.3 Å². The Morgan fingerprint density at radius 3 is 2.68 bits per heavy atom. The maximum Gasteiger partial charge on any atom is 0.255 e. The monoisotopic (exact) mass is 442 g/mol. The molecular weight excluding hydrogens is 420 g/mol. The van der Waals surface area contributed by atoms with E-state index in [1.165, 1.54) is 0 Å². The van der Waals surface area contributed by atoms with E-state index in [0.717, 1.165) is 17.0 Å². The largest absolute Gasteiger partial charge is 0.494 e. The van der Waals surface area contributed by atoms with Crippen molar-refractivity contribution in [1.29, 1.82) is 0 Å². The molecule has 0 spiro atoms. The number of amides is 1. The fourth-order valence-electron chi connectivity index (χ4n) is 3.22. The molecule has 1 aromatic heterocycles. The summed E-state index contributed by atoms with van der Waals surface area (Å²) in [7, 11) is 0. The lowest BCUT2D eigenvalue weighted by Crippen LogP contribution is -2.40. The van der Waals surface area contributed by atoms with E-state index in [4.69, 9.17) is 25.6 Å². The minimum atomic E-state index is -0.0863. The summed E-state index contributed by atoms with van der Waals surface area (Å²) in [5.41, 5.74) is 2.07. The number of nitrogens with zero attached hydrogens (tertiary/aromatic N) is 3. The number of morpholine rings is 1. The molecule has 1 amide bonds. The van der Waals surface area contributed by atoms with Gasteiger partial charge in [0.25, 0.3) is 5.91 Å². The van der Waals surface area contributed by atoms with Crippen molar-refractivity contribution in [2.45, 2.75) is 13.5 Å². The zero-order chi connectivity index (χ0) is 21.6. The zero-order valence-corrected chi connectivity index (χ0v) is 17.9. The van der Waals surface area contributed by atoms with Crippen molar-refractivity contribution in [3.63, 3.8) is 0 Å². The molecule has 9 heteroatoms. The van der Waals surface area contributed by atoms with E-state index in [-0.39, 0.29) is 5.91 Å². The molecule has 1 fully saturated rings. The summed E-state index contributed by atoms with van der Waals surface area (Å²) in [5, 5.41) is 7.61. The highest BCUT2D eigenvalue weighted by Crippen LogP contribution is 2.24. The highest BCUT2D eigenvalue weighted by molar-refractivity contribution is 6.34. The Morgan fingerprint density at radius 2 is 1.97 bits per heavy atom. The summed E-state index contributed by atoms with van der Waals surface area (Å²) in [4.78, 5) is 18.8. The molecule has 1 aliphatic heterocycles. The Balaban J connectivity index is 1.37. The maximum atomic E-state index is 12.6. The maximum absolute atomic E-state index is 12.6. The van der Waals surface area contributed by atoms with Crippen molar-refractivity contribution in [3.8, 4) is 17.1 Å². The highest BCUT2D eigenvalue weighted by atomic mass is 35.5. The van der Waals surface area contributed by atoms with Crippen LogP contribution in [-0.2, 0) is 11.3 Å². The van der Waals surface area contributed by atoms with E-state index in [1.54, 1.807) is 17.0 Å². The smallest absolute Gasteiger partial charge is 0.255 e. The number of anilines is 1. The lowest BCUT2D eigenvalue weighted by Gasteiger charge is -2.27. The van der Waals surface area contributed by atoms with Gasteiger partial charge in [0.15, 0.2) is 0 Å². The SMILES string of the molecule is CCOc1ccc(-c2noc(CNc3ccc(C(=O)N4CCOCC4)c(Cl)c3)n2)cc1. The molecule has 1 aliphatic rings. The molecule has 3 aromatic rings. The van der Waals surface area contributed by atoms with Crippen LogP contribution in [0.1, 0.15) is 23.2 Å². The van der Waals surface area contributed by atoms with Gasteiger partial charge in [0.1, 0.15) is 5.75 Å². The first-order valence-electron chi connectivity index (χ1n) is 10.1. The predicted molar refractivity (Wildman–Crippen MR) is 116 cm³/mol. The van der Waals surface area contributed by atoms with Crippen LogP contribution in [0, 0.1) is 0 Å². The lowest BCUT2D eigenvalue weighted by molar-refractivity contribution is 0.0303. The molecule has 8 nitrogen and oxygen atoms in total. The first-order valence-corrected chi connectivity index (χ1v) is 10.5. The number of aromatic nitrogens is 2. The second kappa shape index (κ2) is 9.80. The molecule has 0 unspecified atom stereocenters. The van der Waals surface area contributed by atoms with Crippen molar-refractivity contribution in [3.05, 3.63) is 58.9 Å².